The van der Waals surface area contributed by atoms with Crippen LogP contribution in [0.5, 0.6) is 0 Å². The minimum absolute atomic E-state index is 0.729. The lowest BCUT2D eigenvalue weighted by Crippen LogP contribution is -2.05. The van der Waals surface area contributed by atoms with Gasteiger partial charge >= 0.3 is 0 Å². The van der Waals surface area contributed by atoms with E-state index in [2.05, 4.69) is 33.3 Å². The minimum Gasteiger partial charge on any atom is -0.373 e. The topological polar surface area (TPSA) is 50.7 Å². The quantitative estimate of drug-likeness (QED) is 0.797. The Morgan fingerprint density at radius 2 is 2.15 bits per heavy atom. The number of pyridine rings is 1. The molecule has 0 aliphatic heterocycles. The molecule has 102 valence electrons. The Balaban J connectivity index is 2.15. The molecule has 0 fully saturated rings. The number of hydrogen-bond donors (Lipinski definition) is 1. The van der Waals surface area contributed by atoms with Crippen molar-refractivity contribution in [2.45, 2.75) is 20.3 Å². The van der Waals surface area contributed by atoms with Crippen molar-refractivity contribution in [3.05, 3.63) is 35.0 Å². The van der Waals surface area contributed by atoms with Crippen molar-refractivity contribution in [2.24, 2.45) is 0 Å². The smallest absolute Gasteiger partial charge is 0.163 e. The van der Waals surface area contributed by atoms with Crippen LogP contribution < -0.4 is 5.32 Å². The van der Waals surface area contributed by atoms with Gasteiger partial charge in [0.05, 0.1) is 10.2 Å². The molecule has 0 saturated heterocycles. The van der Waals surface area contributed by atoms with Crippen molar-refractivity contribution in [1.29, 1.82) is 0 Å². The highest BCUT2D eigenvalue weighted by molar-refractivity contribution is 7.17. The zero-order valence-corrected chi connectivity index (χ0v) is 12.6. The maximum absolute atomic E-state index is 4.63. The first-order chi connectivity index (χ1) is 9.72. The van der Waals surface area contributed by atoms with Crippen LogP contribution in [0.15, 0.2) is 23.7 Å². The molecule has 0 unspecified atom stereocenters. The maximum Gasteiger partial charge on any atom is 0.163 e. The van der Waals surface area contributed by atoms with E-state index in [4.69, 9.17) is 0 Å². The molecule has 0 aromatic carbocycles. The molecular formula is C15H16N4S. The molecule has 3 aromatic heterocycles. The van der Waals surface area contributed by atoms with Gasteiger partial charge in [0.25, 0.3) is 0 Å². The Kier molecular flexibility index (Phi) is 3.36. The van der Waals surface area contributed by atoms with Crippen LogP contribution in [0, 0.1) is 6.92 Å². The van der Waals surface area contributed by atoms with Crippen molar-refractivity contribution < 1.29 is 0 Å². The highest BCUT2D eigenvalue weighted by Gasteiger charge is 2.11. The van der Waals surface area contributed by atoms with Gasteiger partial charge in [-0.25, -0.2) is 9.97 Å². The summed E-state index contributed by atoms with van der Waals surface area (Å²) in [5, 5.41) is 5.21. The third kappa shape index (κ3) is 2.14. The van der Waals surface area contributed by atoms with E-state index >= 15 is 0 Å². The largest absolute Gasteiger partial charge is 0.373 e. The van der Waals surface area contributed by atoms with Crippen LogP contribution in [-0.4, -0.2) is 22.0 Å². The monoisotopic (exact) mass is 284 g/mol. The Morgan fingerprint density at radius 3 is 2.90 bits per heavy atom. The molecule has 4 nitrogen and oxygen atoms in total. The van der Waals surface area contributed by atoms with Gasteiger partial charge in [-0.05, 0) is 30.9 Å². The fourth-order valence-electron chi connectivity index (χ4n) is 2.32. The Hall–Kier alpha value is -2.01. The van der Waals surface area contributed by atoms with Crippen molar-refractivity contribution in [1.82, 2.24) is 15.0 Å². The zero-order valence-electron chi connectivity index (χ0n) is 11.8. The standard InChI is InChI=1S/C15H16N4S/c1-4-11-9(2)18-14(19-15(11)16-3)10-7-13-12(17-8-10)5-6-20-13/h5-8H,4H2,1-3H3,(H,16,18,19). The maximum atomic E-state index is 4.63. The molecular weight excluding hydrogens is 268 g/mol. The summed E-state index contributed by atoms with van der Waals surface area (Å²) in [4.78, 5) is 13.7. The molecule has 5 heteroatoms. The van der Waals surface area contributed by atoms with Crippen LogP contribution >= 0.6 is 11.3 Å². The molecule has 0 spiro atoms. The zero-order chi connectivity index (χ0) is 14.1. The highest BCUT2D eigenvalue weighted by atomic mass is 32.1. The van der Waals surface area contributed by atoms with Crippen LogP contribution in [0.4, 0.5) is 5.82 Å². The normalized spacial score (nSPS) is 10.9. The summed E-state index contributed by atoms with van der Waals surface area (Å²) < 4.78 is 1.16. The van der Waals surface area contributed by atoms with Crippen molar-refractivity contribution in [3.63, 3.8) is 0 Å². The molecule has 0 radical (unpaired) electrons. The third-order valence-electron chi connectivity index (χ3n) is 3.37. The van der Waals surface area contributed by atoms with E-state index < -0.39 is 0 Å². The highest BCUT2D eigenvalue weighted by Crippen LogP contribution is 2.26. The summed E-state index contributed by atoms with van der Waals surface area (Å²) in [7, 11) is 1.89. The van der Waals surface area contributed by atoms with E-state index in [9.17, 15) is 0 Å². The Morgan fingerprint density at radius 1 is 1.30 bits per heavy atom. The number of rotatable bonds is 3. The molecule has 0 saturated carbocycles. The van der Waals surface area contributed by atoms with Gasteiger partial charge in [-0.1, -0.05) is 6.92 Å². The van der Waals surface area contributed by atoms with Crippen LogP contribution in [0.1, 0.15) is 18.2 Å². The van der Waals surface area contributed by atoms with Crippen LogP contribution in [-0.2, 0) is 6.42 Å². The molecule has 3 rings (SSSR count). The van der Waals surface area contributed by atoms with Crippen molar-refractivity contribution >= 4 is 27.4 Å². The molecule has 3 aromatic rings. The van der Waals surface area contributed by atoms with Gasteiger partial charge in [-0.3, -0.25) is 4.98 Å². The number of aryl methyl sites for hydroxylation is 1. The first kappa shape index (κ1) is 13.0. The summed E-state index contributed by atoms with van der Waals surface area (Å²) >= 11 is 1.68. The van der Waals surface area contributed by atoms with Gasteiger partial charge in [-0.2, -0.15) is 0 Å². The molecule has 1 N–H and O–H groups in total. The minimum atomic E-state index is 0.729. The fraction of sp³-hybridized carbons (Fsp3) is 0.267. The second kappa shape index (κ2) is 5.17. The van der Waals surface area contributed by atoms with Crippen molar-refractivity contribution in [2.75, 3.05) is 12.4 Å². The SMILES string of the molecule is CCc1c(C)nc(-c2cnc3ccsc3c2)nc1NC. The lowest BCUT2D eigenvalue weighted by molar-refractivity contribution is 1.00. The van der Waals surface area contributed by atoms with E-state index in [0.717, 1.165) is 39.5 Å². The first-order valence-electron chi connectivity index (χ1n) is 6.61. The predicted octanol–water partition coefficient (Wildman–Crippen LogP) is 3.67. The molecule has 0 aliphatic carbocycles. The van der Waals surface area contributed by atoms with E-state index in [0.29, 0.717) is 0 Å². The van der Waals surface area contributed by atoms with E-state index in [1.165, 1.54) is 5.56 Å². The van der Waals surface area contributed by atoms with Gasteiger partial charge in [0.1, 0.15) is 5.82 Å². The number of hydrogen-bond acceptors (Lipinski definition) is 5. The third-order valence-corrected chi connectivity index (χ3v) is 4.22. The number of anilines is 1. The average molecular weight is 284 g/mol. The number of aromatic nitrogens is 3. The molecule has 0 atom stereocenters. The van der Waals surface area contributed by atoms with Gasteiger partial charge < -0.3 is 5.32 Å². The second-order valence-electron chi connectivity index (χ2n) is 4.59. The van der Waals surface area contributed by atoms with Crippen molar-refractivity contribution in [3.8, 4) is 11.4 Å². The Bertz CT molecular complexity index is 764. The lowest BCUT2D eigenvalue weighted by Gasteiger charge is -2.11. The van der Waals surface area contributed by atoms with Gasteiger partial charge in [0.15, 0.2) is 5.82 Å². The fourth-order valence-corrected chi connectivity index (χ4v) is 3.10. The molecule has 0 bridgehead atoms. The number of fused-ring (bicyclic) bond motifs is 1. The van der Waals surface area contributed by atoms with Crippen LogP contribution in [0.3, 0.4) is 0 Å². The number of nitrogens with one attached hydrogen (secondary N) is 1. The van der Waals surface area contributed by atoms with Gasteiger partial charge in [0.2, 0.25) is 0 Å². The van der Waals surface area contributed by atoms with E-state index in [1.54, 1.807) is 11.3 Å². The molecule has 0 aliphatic rings. The number of thiophene rings is 1. The average Bonchev–Trinajstić information content (AvgIpc) is 2.93. The molecule has 0 amide bonds. The summed E-state index contributed by atoms with van der Waals surface area (Å²) in [6.07, 6.45) is 2.76. The van der Waals surface area contributed by atoms with Gasteiger partial charge in [0, 0.05) is 30.1 Å². The van der Waals surface area contributed by atoms with Crippen LogP contribution in [0.2, 0.25) is 0 Å². The van der Waals surface area contributed by atoms with E-state index in [-0.39, 0.29) is 0 Å². The second-order valence-corrected chi connectivity index (χ2v) is 5.54. The summed E-state index contributed by atoms with van der Waals surface area (Å²) in [6, 6.07) is 4.13. The van der Waals surface area contributed by atoms with Crippen LogP contribution in [0.25, 0.3) is 21.6 Å². The molecule has 20 heavy (non-hydrogen) atoms. The number of nitrogens with zero attached hydrogens (tertiary/aromatic N) is 3. The molecule has 3 heterocycles. The lowest BCUT2D eigenvalue weighted by atomic mass is 10.1. The predicted molar refractivity (Wildman–Crippen MR) is 84.3 cm³/mol. The summed E-state index contributed by atoms with van der Waals surface area (Å²) in [5.74, 6) is 1.63. The van der Waals surface area contributed by atoms with Gasteiger partial charge in [-0.15, -0.1) is 11.3 Å². The summed E-state index contributed by atoms with van der Waals surface area (Å²) in [5.41, 5.74) is 4.17. The summed E-state index contributed by atoms with van der Waals surface area (Å²) in [6.45, 7) is 4.15. The Labute approximate surface area is 121 Å². The first-order valence-corrected chi connectivity index (χ1v) is 7.49. The van der Waals surface area contributed by atoms with E-state index in [1.807, 2.05) is 31.6 Å².